The fraction of sp³-hybridized carbons (Fsp3) is 0.846. The molecule has 108 valence electrons. The maximum absolute atomic E-state index is 12.3. The molecular weight excluding hydrogens is 266 g/mol. The number of amides is 1. The van der Waals surface area contributed by atoms with E-state index in [-0.39, 0.29) is 29.4 Å². The van der Waals surface area contributed by atoms with Crippen molar-refractivity contribution in [1.29, 1.82) is 0 Å². The van der Waals surface area contributed by atoms with Crippen LogP contribution < -0.4 is 0 Å². The summed E-state index contributed by atoms with van der Waals surface area (Å²) < 4.78 is 22.5. The summed E-state index contributed by atoms with van der Waals surface area (Å²) in [6, 6.07) is 0.0340. The summed E-state index contributed by atoms with van der Waals surface area (Å²) in [6.07, 6.45) is 5.38. The summed E-state index contributed by atoms with van der Waals surface area (Å²) in [5, 5.41) is 0. The summed E-state index contributed by atoms with van der Waals surface area (Å²) in [6.45, 7) is 0.706. The number of likely N-dealkylation sites (tertiary alicyclic amines) is 1. The number of rotatable bonds is 4. The Morgan fingerprint density at radius 1 is 1.32 bits per heavy atom. The first-order valence-corrected chi connectivity index (χ1v) is 8.93. The highest BCUT2D eigenvalue weighted by molar-refractivity contribution is 7.90. The molecule has 0 aromatic heterocycles. The van der Waals surface area contributed by atoms with Crippen molar-refractivity contribution in [2.45, 2.75) is 44.6 Å². The Balaban J connectivity index is 1.95. The first-order valence-electron chi connectivity index (χ1n) is 6.87. The van der Waals surface area contributed by atoms with Gasteiger partial charge in [-0.15, -0.1) is 0 Å². The second kappa shape index (κ2) is 5.61. The number of nitrogens with zero attached hydrogens (tertiary/aromatic N) is 1. The van der Waals surface area contributed by atoms with E-state index in [0.717, 1.165) is 19.3 Å². The van der Waals surface area contributed by atoms with E-state index in [0.29, 0.717) is 25.8 Å². The molecule has 19 heavy (non-hydrogen) atoms. The number of piperidine rings is 1. The normalized spacial score (nSPS) is 25.2. The van der Waals surface area contributed by atoms with E-state index in [1.165, 1.54) is 6.26 Å². The second-order valence-corrected chi connectivity index (χ2v) is 8.00. The largest absolute Gasteiger partial charge is 0.339 e. The van der Waals surface area contributed by atoms with E-state index in [1.54, 1.807) is 0 Å². The van der Waals surface area contributed by atoms with Gasteiger partial charge in [0.15, 0.2) is 0 Å². The minimum absolute atomic E-state index is 0.0340. The second-order valence-electron chi connectivity index (χ2n) is 5.74. The molecule has 0 N–H and O–H groups in total. The van der Waals surface area contributed by atoms with E-state index in [9.17, 15) is 18.0 Å². The quantitative estimate of drug-likeness (QED) is 0.766. The highest BCUT2D eigenvalue weighted by Gasteiger charge is 2.38. The molecule has 1 saturated carbocycles. The number of hydrogen-bond donors (Lipinski definition) is 0. The van der Waals surface area contributed by atoms with Crippen LogP contribution in [0.5, 0.6) is 0 Å². The highest BCUT2D eigenvalue weighted by atomic mass is 32.2. The molecule has 1 saturated heterocycles. The van der Waals surface area contributed by atoms with E-state index in [4.69, 9.17) is 0 Å². The van der Waals surface area contributed by atoms with Crippen LogP contribution in [-0.4, -0.2) is 49.6 Å². The van der Waals surface area contributed by atoms with Gasteiger partial charge in [-0.1, -0.05) is 0 Å². The maximum atomic E-state index is 12.3. The van der Waals surface area contributed by atoms with Crippen molar-refractivity contribution < 1.29 is 18.0 Å². The molecule has 1 aliphatic heterocycles. The van der Waals surface area contributed by atoms with Crippen LogP contribution in [0.4, 0.5) is 0 Å². The van der Waals surface area contributed by atoms with E-state index < -0.39 is 9.84 Å². The number of carbonyl (C=O) groups is 2. The van der Waals surface area contributed by atoms with Crippen LogP contribution in [0.2, 0.25) is 0 Å². The lowest BCUT2D eigenvalue weighted by Crippen LogP contribution is -2.49. The summed E-state index contributed by atoms with van der Waals surface area (Å²) in [7, 11) is -2.99. The molecule has 0 radical (unpaired) electrons. The van der Waals surface area contributed by atoms with Gasteiger partial charge >= 0.3 is 0 Å². The Labute approximate surface area is 114 Å². The van der Waals surface area contributed by atoms with Crippen LogP contribution in [0.15, 0.2) is 0 Å². The zero-order valence-corrected chi connectivity index (χ0v) is 12.1. The number of ketones is 1. The molecule has 1 atom stereocenters. The maximum Gasteiger partial charge on any atom is 0.226 e. The van der Waals surface area contributed by atoms with Crippen LogP contribution in [0.25, 0.3) is 0 Å². The van der Waals surface area contributed by atoms with Crippen LogP contribution >= 0.6 is 0 Å². The van der Waals surface area contributed by atoms with Gasteiger partial charge in [-0.2, -0.15) is 0 Å². The predicted octanol–water partition coefficient (Wildman–Crippen LogP) is 0.781. The highest BCUT2D eigenvalue weighted by Crippen LogP contribution is 2.29. The average molecular weight is 287 g/mol. The van der Waals surface area contributed by atoms with Crippen LogP contribution in [0, 0.1) is 5.92 Å². The van der Waals surface area contributed by atoms with Crippen molar-refractivity contribution in [2.24, 2.45) is 5.92 Å². The Morgan fingerprint density at radius 3 is 2.58 bits per heavy atom. The molecule has 1 aliphatic carbocycles. The zero-order chi connectivity index (χ0) is 14.0. The molecule has 1 unspecified atom stereocenters. The lowest BCUT2D eigenvalue weighted by Gasteiger charge is -2.39. The Hall–Kier alpha value is -0.910. The standard InChI is InChI=1S/C13H21NO4S/c1-19(17,18)7-5-11-4-2-3-6-14(11)13(16)10-8-12(15)9-10/h10-11H,2-9H2,1H3. The van der Waals surface area contributed by atoms with Crippen molar-refractivity contribution in [3.8, 4) is 0 Å². The van der Waals surface area contributed by atoms with Gasteiger partial charge in [-0.05, 0) is 25.7 Å². The van der Waals surface area contributed by atoms with Gasteiger partial charge in [-0.25, -0.2) is 8.42 Å². The molecule has 2 fully saturated rings. The molecular formula is C13H21NO4S. The number of carbonyl (C=O) groups excluding carboxylic acids is 2. The summed E-state index contributed by atoms with van der Waals surface area (Å²) in [4.78, 5) is 25.1. The Kier molecular flexibility index (Phi) is 4.28. The molecule has 0 bridgehead atoms. The van der Waals surface area contributed by atoms with Crippen molar-refractivity contribution in [3.63, 3.8) is 0 Å². The van der Waals surface area contributed by atoms with Crippen LogP contribution in [0.3, 0.4) is 0 Å². The van der Waals surface area contributed by atoms with Gasteiger partial charge in [0.1, 0.15) is 15.6 Å². The summed E-state index contributed by atoms with van der Waals surface area (Å²) in [5.41, 5.74) is 0. The lowest BCUT2D eigenvalue weighted by atomic mass is 9.82. The van der Waals surface area contributed by atoms with Gasteiger partial charge in [0.05, 0.1) is 11.7 Å². The molecule has 0 spiro atoms. The van der Waals surface area contributed by atoms with Gasteiger partial charge in [0.25, 0.3) is 0 Å². The smallest absolute Gasteiger partial charge is 0.226 e. The number of hydrogen-bond acceptors (Lipinski definition) is 4. The zero-order valence-electron chi connectivity index (χ0n) is 11.3. The van der Waals surface area contributed by atoms with E-state index in [1.807, 2.05) is 4.90 Å². The SMILES string of the molecule is CS(=O)(=O)CCC1CCCCN1C(=O)C1CC(=O)C1. The molecule has 6 heteroatoms. The fourth-order valence-corrected chi connectivity index (χ4v) is 3.54. The molecule has 0 aromatic carbocycles. The summed E-state index contributed by atoms with van der Waals surface area (Å²) in [5.74, 6) is 0.192. The average Bonchev–Trinajstić information content (AvgIpc) is 2.31. The molecule has 2 rings (SSSR count). The van der Waals surface area contributed by atoms with E-state index in [2.05, 4.69) is 0 Å². The van der Waals surface area contributed by atoms with Crippen molar-refractivity contribution in [3.05, 3.63) is 0 Å². The lowest BCUT2D eigenvalue weighted by molar-refractivity contribution is -0.147. The topological polar surface area (TPSA) is 71.5 Å². The summed E-state index contributed by atoms with van der Waals surface area (Å²) >= 11 is 0. The molecule has 2 aliphatic rings. The molecule has 0 aromatic rings. The molecule has 1 heterocycles. The minimum atomic E-state index is -2.99. The first kappa shape index (κ1) is 14.5. The monoisotopic (exact) mass is 287 g/mol. The number of sulfone groups is 1. The van der Waals surface area contributed by atoms with Gasteiger partial charge in [-0.3, -0.25) is 9.59 Å². The fourth-order valence-electron chi connectivity index (χ4n) is 2.84. The van der Waals surface area contributed by atoms with Gasteiger partial charge in [0, 0.05) is 31.7 Å². The van der Waals surface area contributed by atoms with Gasteiger partial charge < -0.3 is 4.90 Å². The third-order valence-electron chi connectivity index (χ3n) is 4.03. The van der Waals surface area contributed by atoms with E-state index >= 15 is 0 Å². The Bertz CT molecular complexity index is 463. The van der Waals surface area contributed by atoms with Crippen molar-refractivity contribution >= 4 is 21.5 Å². The van der Waals surface area contributed by atoms with Gasteiger partial charge in [0.2, 0.25) is 5.91 Å². The predicted molar refractivity (Wildman–Crippen MR) is 71.4 cm³/mol. The number of Topliss-reactive ketones (excluding diaryl/α,β-unsaturated/α-hetero) is 1. The first-order chi connectivity index (χ1) is 8.87. The van der Waals surface area contributed by atoms with Crippen molar-refractivity contribution in [2.75, 3.05) is 18.6 Å². The Morgan fingerprint density at radius 2 is 2.00 bits per heavy atom. The molecule has 1 amide bonds. The van der Waals surface area contributed by atoms with Crippen LogP contribution in [-0.2, 0) is 19.4 Å². The van der Waals surface area contributed by atoms with Crippen LogP contribution in [0.1, 0.15) is 38.5 Å². The van der Waals surface area contributed by atoms with Crippen molar-refractivity contribution in [1.82, 2.24) is 4.90 Å². The minimum Gasteiger partial charge on any atom is -0.339 e. The molecule has 5 nitrogen and oxygen atoms in total. The third-order valence-corrected chi connectivity index (χ3v) is 5.01. The third kappa shape index (κ3) is 3.78.